The average Bonchev–Trinajstić information content (AvgIpc) is 2.77. The SMILES string of the molecule is CCOc1ccc(N2C(=O)c3ccccc3C(C=NCCN(CC)CC)C2=O)cc1. The zero-order chi connectivity index (χ0) is 21.5. The first-order valence-corrected chi connectivity index (χ1v) is 10.5. The number of amides is 2. The molecule has 0 aromatic heterocycles. The molecule has 1 unspecified atom stereocenters. The molecule has 30 heavy (non-hydrogen) atoms. The molecule has 1 heterocycles. The second kappa shape index (κ2) is 10.2. The van der Waals surface area contributed by atoms with Crippen molar-refractivity contribution >= 4 is 23.7 Å². The van der Waals surface area contributed by atoms with Gasteiger partial charge in [-0.3, -0.25) is 14.6 Å². The minimum Gasteiger partial charge on any atom is -0.494 e. The van der Waals surface area contributed by atoms with E-state index in [0.717, 1.165) is 19.6 Å². The van der Waals surface area contributed by atoms with Crippen LogP contribution in [0, 0.1) is 0 Å². The van der Waals surface area contributed by atoms with Crippen LogP contribution in [0.3, 0.4) is 0 Å². The van der Waals surface area contributed by atoms with Crippen molar-refractivity contribution in [3.63, 3.8) is 0 Å². The van der Waals surface area contributed by atoms with Gasteiger partial charge < -0.3 is 9.64 Å². The van der Waals surface area contributed by atoms with E-state index < -0.39 is 5.92 Å². The summed E-state index contributed by atoms with van der Waals surface area (Å²) >= 11 is 0. The van der Waals surface area contributed by atoms with Crippen molar-refractivity contribution in [2.24, 2.45) is 4.99 Å². The summed E-state index contributed by atoms with van der Waals surface area (Å²) < 4.78 is 5.47. The van der Waals surface area contributed by atoms with E-state index in [1.807, 2.05) is 25.1 Å². The Bertz CT molecular complexity index is 904. The predicted octanol–water partition coefficient (Wildman–Crippen LogP) is 3.77. The smallest absolute Gasteiger partial charge is 0.265 e. The number of aliphatic imine (C=N–C) groups is 1. The van der Waals surface area contributed by atoms with Crippen molar-refractivity contribution in [1.29, 1.82) is 0 Å². The lowest BCUT2D eigenvalue weighted by Crippen LogP contribution is -2.45. The Morgan fingerprint density at radius 2 is 1.73 bits per heavy atom. The molecule has 1 aliphatic heterocycles. The maximum atomic E-state index is 13.3. The summed E-state index contributed by atoms with van der Waals surface area (Å²) in [5.41, 5.74) is 1.77. The molecule has 2 aromatic carbocycles. The number of imide groups is 1. The van der Waals surface area contributed by atoms with Gasteiger partial charge in [0.1, 0.15) is 5.75 Å². The maximum Gasteiger partial charge on any atom is 0.265 e. The molecule has 6 nitrogen and oxygen atoms in total. The van der Waals surface area contributed by atoms with Crippen LogP contribution in [0.2, 0.25) is 0 Å². The van der Waals surface area contributed by atoms with Gasteiger partial charge in [-0.2, -0.15) is 0 Å². The summed E-state index contributed by atoms with van der Waals surface area (Å²) in [6, 6.07) is 14.3. The van der Waals surface area contributed by atoms with Crippen LogP contribution in [-0.4, -0.2) is 55.7 Å². The summed E-state index contributed by atoms with van der Waals surface area (Å²) in [5, 5.41) is 0. The zero-order valence-corrected chi connectivity index (χ0v) is 17.9. The number of rotatable bonds is 9. The number of benzene rings is 2. The third-order valence-corrected chi connectivity index (χ3v) is 5.32. The molecule has 0 spiro atoms. The molecule has 2 aromatic rings. The molecule has 0 bridgehead atoms. The highest BCUT2D eigenvalue weighted by atomic mass is 16.5. The number of carbonyl (C=O) groups is 2. The van der Waals surface area contributed by atoms with Gasteiger partial charge in [0.15, 0.2) is 0 Å². The molecular weight excluding hydrogens is 378 g/mol. The van der Waals surface area contributed by atoms with Crippen molar-refractivity contribution in [1.82, 2.24) is 4.90 Å². The summed E-state index contributed by atoms with van der Waals surface area (Å²) in [6.45, 7) is 10.1. The number of carbonyl (C=O) groups excluding carboxylic acids is 2. The topological polar surface area (TPSA) is 62.2 Å². The standard InChI is InChI=1S/C24H29N3O3/c1-4-26(5-2)16-15-25-17-22-20-9-7-8-10-21(20)23(28)27(24(22)29)18-11-13-19(14-12-18)30-6-3/h7-14,17,22H,4-6,15-16H2,1-3H3. The Labute approximate surface area is 178 Å². The largest absolute Gasteiger partial charge is 0.494 e. The second-order valence-electron chi connectivity index (χ2n) is 7.05. The molecule has 158 valence electrons. The predicted molar refractivity (Wildman–Crippen MR) is 120 cm³/mol. The number of anilines is 1. The molecule has 0 radical (unpaired) electrons. The molecule has 1 atom stereocenters. The van der Waals surface area contributed by atoms with Crippen LogP contribution in [0.1, 0.15) is 42.6 Å². The highest BCUT2D eigenvalue weighted by Gasteiger charge is 2.38. The number of nitrogens with zero attached hydrogens (tertiary/aromatic N) is 3. The number of hydrogen-bond acceptors (Lipinski definition) is 5. The lowest BCUT2D eigenvalue weighted by molar-refractivity contribution is -0.118. The molecule has 0 fully saturated rings. The number of ether oxygens (including phenoxy) is 1. The van der Waals surface area contributed by atoms with E-state index in [1.54, 1.807) is 36.5 Å². The van der Waals surface area contributed by atoms with Crippen LogP contribution in [0.5, 0.6) is 5.75 Å². The fourth-order valence-electron chi connectivity index (χ4n) is 3.62. The Kier molecular flexibility index (Phi) is 7.36. The zero-order valence-electron chi connectivity index (χ0n) is 17.9. The van der Waals surface area contributed by atoms with E-state index in [9.17, 15) is 9.59 Å². The van der Waals surface area contributed by atoms with Crippen molar-refractivity contribution in [2.75, 3.05) is 37.7 Å². The molecule has 0 aliphatic carbocycles. The van der Waals surface area contributed by atoms with Crippen LogP contribution in [0.25, 0.3) is 0 Å². The normalized spacial score (nSPS) is 16.4. The Hall–Kier alpha value is -2.99. The summed E-state index contributed by atoms with van der Waals surface area (Å²) in [6.07, 6.45) is 1.69. The van der Waals surface area contributed by atoms with Crippen molar-refractivity contribution in [3.05, 3.63) is 59.7 Å². The summed E-state index contributed by atoms with van der Waals surface area (Å²) in [5.74, 6) is -0.475. The quantitative estimate of drug-likeness (QED) is 0.469. The third-order valence-electron chi connectivity index (χ3n) is 5.32. The highest BCUT2D eigenvalue weighted by molar-refractivity contribution is 6.29. The fraction of sp³-hybridized carbons (Fsp3) is 0.375. The highest BCUT2D eigenvalue weighted by Crippen LogP contribution is 2.32. The monoisotopic (exact) mass is 407 g/mol. The molecule has 0 saturated carbocycles. The van der Waals surface area contributed by atoms with E-state index in [0.29, 0.717) is 35.7 Å². The van der Waals surface area contributed by atoms with Crippen molar-refractivity contribution in [3.8, 4) is 5.75 Å². The number of hydrogen-bond donors (Lipinski definition) is 0. The van der Waals surface area contributed by atoms with Crippen LogP contribution in [-0.2, 0) is 4.79 Å². The van der Waals surface area contributed by atoms with Gasteiger partial charge in [-0.05, 0) is 55.9 Å². The van der Waals surface area contributed by atoms with Crippen molar-refractivity contribution < 1.29 is 14.3 Å². The lowest BCUT2D eigenvalue weighted by Gasteiger charge is -2.31. The molecule has 3 rings (SSSR count). The van der Waals surface area contributed by atoms with Gasteiger partial charge in [-0.25, -0.2) is 4.90 Å². The van der Waals surface area contributed by atoms with E-state index >= 15 is 0 Å². The third kappa shape index (κ3) is 4.60. The van der Waals surface area contributed by atoms with E-state index in [1.165, 1.54) is 4.90 Å². The van der Waals surface area contributed by atoms with Gasteiger partial charge in [-0.15, -0.1) is 0 Å². The van der Waals surface area contributed by atoms with Crippen molar-refractivity contribution in [2.45, 2.75) is 26.7 Å². The number of likely N-dealkylation sites (N-methyl/N-ethyl adjacent to an activating group) is 1. The van der Waals surface area contributed by atoms with Gasteiger partial charge in [0.2, 0.25) is 5.91 Å². The van der Waals surface area contributed by atoms with Crippen LogP contribution in [0.15, 0.2) is 53.5 Å². The van der Waals surface area contributed by atoms with Gasteiger partial charge in [0.25, 0.3) is 5.91 Å². The summed E-state index contributed by atoms with van der Waals surface area (Å²) in [7, 11) is 0. The fourth-order valence-corrected chi connectivity index (χ4v) is 3.62. The Balaban J connectivity index is 1.88. The molecule has 0 N–H and O–H groups in total. The first kappa shape index (κ1) is 21.7. The molecule has 6 heteroatoms. The molecule has 2 amide bonds. The van der Waals surface area contributed by atoms with E-state index in [-0.39, 0.29) is 11.8 Å². The Morgan fingerprint density at radius 3 is 2.40 bits per heavy atom. The van der Waals surface area contributed by atoms with E-state index in [4.69, 9.17) is 4.74 Å². The first-order chi connectivity index (χ1) is 14.6. The summed E-state index contributed by atoms with van der Waals surface area (Å²) in [4.78, 5) is 34.5. The molecule has 1 aliphatic rings. The van der Waals surface area contributed by atoms with Gasteiger partial charge in [0.05, 0.1) is 24.8 Å². The van der Waals surface area contributed by atoms with Gasteiger partial charge in [0, 0.05) is 18.3 Å². The average molecular weight is 408 g/mol. The van der Waals surface area contributed by atoms with E-state index in [2.05, 4.69) is 23.7 Å². The minimum atomic E-state index is -0.581. The van der Waals surface area contributed by atoms with Crippen LogP contribution in [0.4, 0.5) is 5.69 Å². The minimum absolute atomic E-state index is 0.283. The Morgan fingerprint density at radius 1 is 1.03 bits per heavy atom. The maximum absolute atomic E-state index is 13.3. The van der Waals surface area contributed by atoms with Crippen LogP contribution >= 0.6 is 0 Å². The lowest BCUT2D eigenvalue weighted by atomic mass is 9.89. The van der Waals surface area contributed by atoms with Crippen LogP contribution < -0.4 is 9.64 Å². The van der Waals surface area contributed by atoms with Gasteiger partial charge >= 0.3 is 0 Å². The molecule has 0 saturated heterocycles. The first-order valence-electron chi connectivity index (χ1n) is 10.5. The van der Waals surface area contributed by atoms with Gasteiger partial charge in [-0.1, -0.05) is 32.0 Å². The number of fused-ring (bicyclic) bond motifs is 1. The second-order valence-corrected chi connectivity index (χ2v) is 7.05. The molecular formula is C24H29N3O3.